The van der Waals surface area contributed by atoms with Crippen molar-refractivity contribution in [1.29, 1.82) is 0 Å². The van der Waals surface area contributed by atoms with E-state index >= 15 is 0 Å². The summed E-state index contributed by atoms with van der Waals surface area (Å²) in [5.41, 5.74) is -0.251. The highest BCUT2D eigenvalue weighted by atomic mass is 32.2. The first-order valence-electron chi connectivity index (χ1n) is 5.77. The van der Waals surface area contributed by atoms with Crippen molar-refractivity contribution in [1.82, 2.24) is 5.32 Å². The minimum Gasteiger partial charge on any atom is -0.307 e. The van der Waals surface area contributed by atoms with E-state index in [0.29, 0.717) is 5.56 Å². The first-order valence-corrected chi connectivity index (χ1v) is 7.16. The number of nitrogens with one attached hydrogen (secondary N) is 1. The molecule has 0 aliphatic heterocycles. The van der Waals surface area contributed by atoms with Gasteiger partial charge in [-0.15, -0.1) is 0 Å². The molecule has 0 saturated carbocycles. The Morgan fingerprint density at radius 3 is 2.39 bits per heavy atom. The fourth-order valence-electron chi connectivity index (χ4n) is 1.95. The molecular weight excluding hydrogens is 259 g/mol. The lowest BCUT2D eigenvalue weighted by Gasteiger charge is -2.22. The van der Waals surface area contributed by atoms with Crippen molar-refractivity contribution in [2.24, 2.45) is 0 Å². The van der Waals surface area contributed by atoms with Crippen LogP contribution in [0.2, 0.25) is 0 Å². The Balaban J connectivity index is 2.89. The van der Waals surface area contributed by atoms with Gasteiger partial charge in [0.25, 0.3) is 0 Å². The van der Waals surface area contributed by atoms with E-state index in [4.69, 9.17) is 0 Å². The molecule has 102 valence electrons. The molecule has 0 aliphatic rings. The number of alkyl halides is 3. The van der Waals surface area contributed by atoms with Crippen LogP contribution < -0.4 is 5.32 Å². The summed E-state index contributed by atoms with van der Waals surface area (Å²) in [4.78, 5) is 0. The Morgan fingerprint density at radius 1 is 1.22 bits per heavy atom. The van der Waals surface area contributed by atoms with Gasteiger partial charge in [0.15, 0.2) is 0 Å². The van der Waals surface area contributed by atoms with Gasteiger partial charge in [0.2, 0.25) is 0 Å². The van der Waals surface area contributed by atoms with E-state index in [2.05, 4.69) is 5.32 Å². The van der Waals surface area contributed by atoms with Crippen LogP contribution in [0.5, 0.6) is 0 Å². The molecule has 0 aromatic heterocycles. The van der Waals surface area contributed by atoms with Crippen LogP contribution in [-0.2, 0) is 6.18 Å². The Morgan fingerprint density at radius 2 is 1.83 bits per heavy atom. The monoisotopic (exact) mass is 277 g/mol. The van der Waals surface area contributed by atoms with Crippen LogP contribution >= 0.6 is 11.8 Å². The molecule has 0 bridgehead atoms. The van der Waals surface area contributed by atoms with Crippen LogP contribution in [0.25, 0.3) is 0 Å². The third kappa shape index (κ3) is 4.21. The maximum Gasteiger partial charge on any atom is 0.416 e. The lowest BCUT2D eigenvalue weighted by Crippen LogP contribution is -2.31. The molecule has 1 rings (SSSR count). The largest absolute Gasteiger partial charge is 0.416 e. The van der Waals surface area contributed by atoms with Crippen LogP contribution in [0.15, 0.2) is 24.3 Å². The van der Waals surface area contributed by atoms with Crippen LogP contribution in [0.4, 0.5) is 13.2 Å². The molecule has 0 aliphatic carbocycles. The van der Waals surface area contributed by atoms with Gasteiger partial charge in [-0.2, -0.15) is 24.9 Å². The summed E-state index contributed by atoms with van der Waals surface area (Å²) in [6, 6.07) is 5.59. The zero-order valence-corrected chi connectivity index (χ0v) is 11.5. The van der Waals surface area contributed by atoms with E-state index in [1.165, 1.54) is 12.1 Å². The molecule has 0 fully saturated rings. The molecule has 1 N–H and O–H groups in total. The van der Waals surface area contributed by atoms with Crippen LogP contribution in [0.1, 0.15) is 31.0 Å². The fraction of sp³-hybridized carbons (Fsp3) is 0.538. The van der Waals surface area contributed by atoms with Crippen LogP contribution in [-0.4, -0.2) is 18.1 Å². The van der Waals surface area contributed by atoms with E-state index in [0.717, 1.165) is 11.8 Å². The maximum absolute atomic E-state index is 12.9. The minimum absolute atomic E-state index is 0.177. The van der Waals surface area contributed by atoms with Crippen LogP contribution in [0.3, 0.4) is 0 Å². The van der Waals surface area contributed by atoms with Gasteiger partial charge in [-0.05, 0) is 31.7 Å². The third-order valence-corrected chi connectivity index (χ3v) is 3.52. The van der Waals surface area contributed by atoms with E-state index < -0.39 is 11.7 Å². The minimum atomic E-state index is -4.30. The second kappa shape index (κ2) is 6.48. The lowest BCUT2D eigenvalue weighted by molar-refractivity contribution is -0.138. The summed E-state index contributed by atoms with van der Waals surface area (Å²) in [6.07, 6.45) is -2.32. The number of hydrogen-bond acceptors (Lipinski definition) is 2. The molecule has 0 amide bonds. The van der Waals surface area contributed by atoms with Crippen molar-refractivity contribution in [3.8, 4) is 0 Å². The van der Waals surface area contributed by atoms with E-state index in [9.17, 15) is 13.2 Å². The quantitative estimate of drug-likeness (QED) is 0.869. The molecule has 2 unspecified atom stereocenters. The Bertz CT molecular complexity index is 379. The number of hydrogen-bond donors (Lipinski definition) is 1. The van der Waals surface area contributed by atoms with Gasteiger partial charge in [-0.3, -0.25) is 0 Å². The molecule has 0 spiro atoms. The first-order chi connectivity index (χ1) is 8.36. The summed E-state index contributed by atoms with van der Waals surface area (Å²) in [5, 5.41) is 3.19. The highest BCUT2D eigenvalue weighted by Crippen LogP contribution is 2.34. The standard InChI is InChI=1S/C13H18F3NS/c1-9(8-18-3)17-10(2)11-6-4-5-7-12(11)13(14,15)16/h4-7,9-10,17H,8H2,1-3H3. The van der Waals surface area contributed by atoms with Crippen LogP contribution in [0, 0.1) is 0 Å². The number of halogens is 3. The van der Waals surface area contributed by atoms with Crippen molar-refractivity contribution < 1.29 is 13.2 Å². The second-order valence-electron chi connectivity index (χ2n) is 4.33. The predicted molar refractivity (Wildman–Crippen MR) is 70.8 cm³/mol. The summed E-state index contributed by atoms with van der Waals surface area (Å²) in [6.45, 7) is 3.74. The molecule has 1 aromatic rings. The Hall–Kier alpha value is -0.680. The molecule has 0 radical (unpaired) electrons. The van der Waals surface area contributed by atoms with Gasteiger partial charge in [0.1, 0.15) is 0 Å². The van der Waals surface area contributed by atoms with Gasteiger partial charge in [-0.25, -0.2) is 0 Å². The molecule has 0 heterocycles. The van der Waals surface area contributed by atoms with E-state index in [1.54, 1.807) is 24.8 Å². The molecule has 5 heteroatoms. The molecule has 1 nitrogen and oxygen atoms in total. The zero-order chi connectivity index (χ0) is 13.8. The van der Waals surface area contributed by atoms with Crippen molar-refractivity contribution in [2.75, 3.05) is 12.0 Å². The first kappa shape index (κ1) is 15.4. The summed E-state index contributed by atoms with van der Waals surface area (Å²) >= 11 is 1.67. The smallest absolute Gasteiger partial charge is 0.307 e. The van der Waals surface area contributed by atoms with Crippen molar-refractivity contribution >= 4 is 11.8 Å². The number of thioether (sulfide) groups is 1. The highest BCUT2D eigenvalue weighted by molar-refractivity contribution is 7.98. The van der Waals surface area contributed by atoms with Gasteiger partial charge in [0.05, 0.1) is 5.56 Å². The molecule has 1 aromatic carbocycles. The number of rotatable bonds is 5. The van der Waals surface area contributed by atoms with Crippen molar-refractivity contribution in [3.05, 3.63) is 35.4 Å². The topological polar surface area (TPSA) is 12.0 Å². The molecule has 18 heavy (non-hydrogen) atoms. The maximum atomic E-state index is 12.9. The van der Waals surface area contributed by atoms with Gasteiger partial charge in [-0.1, -0.05) is 18.2 Å². The Labute approximate surface area is 110 Å². The van der Waals surface area contributed by atoms with Crippen molar-refractivity contribution in [2.45, 2.75) is 32.1 Å². The third-order valence-electron chi connectivity index (χ3n) is 2.68. The van der Waals surface area contributed by atoms with Gasteiger partial charge >= 0.3 is 6.18 Å². The van der Waals surface area contributed by atoms with E-state index in [1.807, 2.05) is 13.2 Å². The summed E-state index contributed by atoms with van der Waals surface area (Å²) in [5.74, 6) is 0.874. The normalized spacial score (nSPS) is 15.4. The second-order valence-corrected chi connectivity index (χ2v) is 5.24. The molecular formula is C13H18F3NS. The van der Waals surface area contributed by atoms with E-state index in [-0.39, 0.29) is 12.1 Å². The van der Waals surface area contributed by atoms with Crippen molar-refractivity contribution in [3.63, 3.8) is 0 Å². The number of benzene rings is 1. The SMILES string of the molecule is CSCC(C)NC(C)c1ccccc1C(F)(F)F. The summed E-state index contributed by atoms with van der Waals surface area (Å²) < 4.78 is 38.6. The molecule has 0 saturated heterocycles. The average Bonchev–Trinajstić information content (AvgIpc) is 2.28. The van der Waals surface area contributed by atoms with Gasteiger partial charge < -0.3 is 5.32 Å². The Kier molecular flexibility index (Phi) is 5.53. The fourth-order valence-corrected chi connectivity index (χ4v) is 2.54. The lowest BCUT2D eigenvalue weighted by atomic mass is 10.0. The highest BCUT2D eigenvalue weighted by Gasteiger charge is 2.34. The molecule has 2 atom stereocenters. The summed E-state index contributed by atoms with van der Waals surface area (Å²) in [7, 11) is 0. The average molecular weight is 277 g/mol. The zero-order valence-electron chi connectivity index (χ0n) is 10.7. The van der Waals surface area contributed by atoms with Gasteiger partial charge in [0, 0.05) is 17.8 Å². The predicted octanol–water partition coefficient (Wildman–Crippen LogP) is 4.11.